The van der Waals surface area contributed by atoms with E-state index in [-0.39, 0.29) is 22.7 Å². The van der Waals surface area contributed by atoms with Crippen LogP contribution in [0.3, 0.4) is 0 Å². The molecule has 0 saturated carbocycles. The summed E-state index contributed by atoms with van der Waals surface area (Å²) in [5.41, 5.74) is -5.60. The Hall–Kier alpha value is -2.76. The van der Waals surface area contributed by atoms with Gasteiger partial charge in [-0.3, -0.25) is 10.1 Å². The second-order valence-corrected chi connectivity index (χ2v) is 15.5. The van der Waals surface area contributed by atoms with Crippen LogP contribution in [0.5, 0.6) is 0 Å². The number of hydrogen-bond donors (Lipinski definition) is 1. The molecular weight excluding hydrogens is 533 g/mol. The Morgan fingerprint density at radius 3 is 2.11 bits per heavy atom. The molecule has 0 aliphatic carbocycles. The molecule has 1 heterocycles. The predicted octanol–water partition coefficient (Wildman–Crippen LogP) is 3.24. The summed E-state index contributed by atoms with van der Waals surface area (Å²) in [5.74, 6) is -2.25. The lowest BCUT2D eigenvalue weighted by atomic mass is 10.1. The van der Waals surface area contributed by atoms with Gasteiger partial charge in [0.2, 0.25) is 0 Å². The molecule has 17 heteroatoms. The summed E-state index contributed by atoms with van der Waals surface area (Å²) in [6.07, 6.45) is 0.682. The summed E-state index contributed by atoms with van der Waals surface area (Å²) < 4.78 is 70.3. The van der Waals surface area contributed by atoms with Crippen molar-refractivity contribution in [2.45, 2.75) is 69.6 Å². The number of carbonyl (C=O) groups excluding carboxylic acids is 1. The molecule has 0 bridgehead atoms. The van der Waals surface area contributed by atoms with Crippen molar-refractivity contribution < 1.29 is 60.0 Å². The van der Waals surface area contributed by atoms with Gasteiger partial charge in [0.1, 0.15) is 0 Å². The number of nitro groups is 1. The van der Waals surface area contributed by atoms with Gasteiger partial charge in [-0.25, -0.2) is 13.2 Å². The molecule has 0 radical (unpaired) electrons. The van der Waals surface area contributed by atoms with Crippen LogP contribution in [-0.2, 0) is 24.2 Å². The Labute approximate surface area is 206 Å². The lowest BCUT2D eigenvalue weighted by Crippen LogP contribution is -2.51. The highest BCUT2D eigenvalue weighted by molar-refractivity contribution is 7.86. The number of carbonyl (C=O) groups is 1. The summed E-state index contributed by atoms with van der Waals surface area (Å²) >= 11 is 0. The van der Waals surface area contributed by atoms with Gasteiger partial charge in [-0.1, -0.05) is 20.8 Å². The molecule has 1 aromatic rings. The van der Waals surface area contributed by atoms with Gasteiger partial charge in [0.15, 0.2) is 21.1 Å². The summed E-state index contributed by atoms with van der Waals surface area (Å²) in [5, 5.41) is 21.0. The third kappa shape index (κ3) is 9.03. The number of nitro benzene ring substituents is 1. The van der Waals surface area contributed by atoms with Crippen LogP contribution in [0.2, 0.25) is 18.1 Å². The number of benzene rings is 1. The number of ether oxygens (including phenoxy) is 1. The molecule has 1 aliphatic heterocycles. The zero-order valence-corrected chi connectivity index (χ0v) is 22.0. The van der Waals surface area contributed by atoms with Crippen LogP contribution in [0, 0.1) is 10.1 Å². The molecule has 204 valence electrons. The average Bonchev–Trinajstić information content (AvgIpc) is 2.64. The van der Waals surface area contributed by atoms with E-state index in [4.69, 9.17) is 27.1 Å². The molecule has 0 saturated heterocycles. The van der Waals surface area contributed by atoms with Crippen molar-refractivity contribution in [2.75, 3.05) is 0 Å². The number of nitrogens with zero attached hydrogens (tertiary/aromatic N) is 2. The topological polar surface area (TPSA) is 168 Å². The van der Waals surface area contributed by atoms with Gasteiger partial charge >= 0.3 is 19.8 Å². The standard InChI is InChI=1S/C18H27N2O7Si.CHF3O3S/c1-17(2,3)28(5,6)27-19-12-15(11-18(4,22)26-19)25-16(21)13-7-9-14(10-8-13)20(23)24;2-1(3,4)8(5,6)7/h7-10,12,15,22H,11H2,1-6H3;(H,5,6,7)/q+1;/p-1. The summed E-state index contributed by atoms with van der Waals surface area (Å²) in [6.45, 7) is 11.7. The Bertz CT molecular complexity index is 1100. The Morgan fingerprint density at radius 2 is 1.72 bits per heavy atom. The molecule has 1 N–H and O–H groups in total. The number of halogens is 3. The van der Waals surface area contributed by atoms with Crippen LogP contribution in [0.4, 0.5) is 18.9 Å². The summed E-state index contributed by atoms with van der Waals surface area (Å²) in [6, 6.07) is 5.10. The van der Waals surface area contributed by atoms with E-state index in [1.54, 1.807) is 0 Å². The second kappa shape index (κ2) is 10.7. The number of non-ortho nitro benzene ring substituents is 1. The van der Waals surface area contributed by atoms with Crippen molar-refractivity contribution in [3.05, 3.63) is 39.9 Å². The molecule has 0 fully saturated rings. The van der Waals surface area contributed by atoms with Crippen molar-refractivity contribution in [3.8, 4) is 0 Å². The first-order chi connectivity index (χ1) is 16.0. The molecule has 1 aliphatic rings. The molecule has 36 heavy (non-hydrogen) atoms. The van der Waals surface area contributed by atoms with Gasteiger partial charge < -0.3 is 18.9 Å². The zero-order chi connectivity index (χ0) is 28.3. The van der Waals surface area contributed by atoms with Crippen molar-refractivity contribution in [2.24, 2.45) is 0 Å². The third-order valence-corrected chi connectivity index (χ3v) is 9.95. The molecule has 2 unspecified atom stereocenters. The van der Waals surface area contributed by atoms with Crippen molar-refractivity contribution in [1.82, 2.24) is 0 Å². The van der Waals surface area contributed by atoms with E-state index in [2.05, 4.69) is 20.8 Å². The Balaban J connectivity index is 0.000000697. The van der Waals surface area contributed by atoms with Crippen LogP contribution < -0.4 is 0 Å². The van der Waals surface area contributed by atoms with Crippen LogP contribution >= 0.6 is 0 Å². The fourth-order valence-electron chi connectivity index (χ4n) is 2.23. The summed E-state index contributed by atoms with van der Waals surface area (Å²) in [4.78, 5) is 29.1. The van der Waals surface area contributed by atoms with E-state index in [1.165, 1.54) is 37.4 Å². The van der Waals surface area contributed by atoms with Crippen LogP contribution in [-0.4, -0.2) is 65.8 Å². The maximum atomic E-state index is 12.4. The largest absolute Gasteiger partial charge is 0.741 e. The molecule has 2 rings (SSSR count). The van der Waals surface area contributed by atoms with Crippen LogP contribution in [0.25, 0.3) is 0 Å². The van der Waals surface area contributed by atoms with Gasteiger partial charge in [0.05, 0.1) is 16.9 Å². The quantitative estimate of drug-likeness (QED) is 0.141. The lowest BCUT2D eigenvalue weighted by Gasteiger charge is -2.33. The molecule has 0 amide bonds. The average molecular weight is 561 g/mol. The molecule has 2 atom stereocenters. The van der Waals surface area contributed by atoms with E-state index in [0.29, 0.717) is 0 Å². The first kappa shape index (κ1) is 31.3. The summed E-state index contributed by atoms with van der Waals surface area (Å²) in [7, 11) is -8.34. The predicted molar refractivity (Wildman–Crippen MR) is 119 cm³/mol. The molecule has 0 aromatic heterocycles. The maximum absolute atomic E-state index is 12.4. The maximum Gasteiger partial charge on any atom is 0.485 e. The smallest absolute Gasteiger partial charge is 0.485 e. The van der Waals surface area contributed by atoms with Gasteiger partial charge in [0, 0.05) is 19.1 Å². The molecule has 12 nitrogen and oxygen atoms in total. The SMILES string of the molecule is CC1(O)CC(OC(=O)c2ccc([N+](=O)[O-])cc2)C=[N+](O[Si](C)(C)C(C)(C)C)O1.O=S(=O)([O-])C(F)(F)F. The number of esters is 1. The van der Waals surface area contributed by atoms with Crippen molar-refractivity contribution >= 4 is 36.3 Å². The minimum atomic E-state index is -6.09. The van der Waals surface area contributed by atoms with Gasteiger partial charge in [-0.2, -0.15) is 18.0 Å². The van der Waals surface area contributed by atoms with E-state index in [0.717, 1.165) is 4.90 Å². The highest BCUT2D eigenvalue weighted by atomic mass is 32.2. The number of alkyl halides is 3. The van der Waals surface area contributed by atoms with E-state index < -0.39 is 46.7 Å². The van der Waals surface area contributed by atoms with Gasteiger partial charge in [0.25, 0.3) is 17.7 Å². The van der Waals surface area contributed by atoms with Gasteiger partial charge in [-0.05, 0) is 30.3 Å². The minimum Gasteiger partial charge on any atom is -0.741 e. The third-order valence-electron chi connectivity index (χ3n) is 5.13. The van der Waals surface area contributed by atoms with Crippen molar-refractivity contribution in [3.63, 3.8) is 0 Å². The highest BCUT2D eigenvalue weighted by Gasteiger charge is 2.49. The Kier molecular flexibility index (Phi) is 9.29. The zero-order valence-electron chi connectivity index (χ0n) is 20.2. The lowest BCUT2D eigenvalue weighted by molar-refractivity contribution is -0.968. The van der Waals surface area contributed by atoms with E-state index in [9.17, 15) is 33.2 Å². The number of aliphatic hydroxyl groups is 1. The monoisotopic (exact) mass is 560 g/mol. The second-order valence-electron chi connectivity index (χ2n) is 9.40. The molecular formula is C19H27F3N2O10SSi. The van der Waals surface area contributed by atoms with E-state index >= 15 is 0 Å². The highest BCUT2D eigenvalue weighted by Crippen LogP contribution is 2.37. The first-order valence-electron chi connectivity index (χ1n) is 10.2. The fraction of sp³-hybridized carbons (Fsp3) is 0.579. The van der Waals surface area contributed by atoms with E-state index in [1.807, 2.05) is 13.1 Å². The normalized spacial score (nSPS) is 20.8. The minimum absolute atomic E-state index is 0.0169. The van der Waals surface area contributed by atoms with Crippen molar-refractivity contribution in [1.29, 1.82) is 0 Å². The fourth-order valence-corrected chi connectivity index (χ4v) is 3.05. The Morgan fingerprint density at radius 1 is 1.25 bits per heavy atom. The number of hydrogen-bond acceptors (Lipinski definition) is 10. The van der Waals surface area contributed by atoms with Crippen LogP contribution in [0.1, 0.15) is 44.5 Å². The van der Waals surface area contributed by atoms with Crippen LogP contribution in [0.15, 0.2) is 24.3 Å². The first-order valence-corrected chi connectivity index (χ1v) is 14.5. The molecule has 0 spiro atoms. The van der Waals surface area contributed by atoms with Gasteiger partial charge in [-0.15, -0.1) is 0 Å². The molecule has 1 aromatic carbocycles. The number of rotatable bonds is 5.